The first-order valence-electron chi connectivity index (χ1n) is 5.72. The van der Waals surface area contributed by atoms with Gasteiger partial charge in [0.25, 0.3) is 0 Å². The van der Waals surface area contributed by atoms with E-state index in [2.05, 4.69) is 4.98 Å². The molecule has 1 atom stereocenters. The van der Waals surface area contributed by atoms with E-state index in [1.165, 1.54) is 0 Å². The molecule has 0 aliphatic carbocycles. The first-order chi connectivity index (χ1) is 8.58. The summed E-state index contributed by atoms with van der Waals surface area (Å²) in [5.41, 5.74) is 6.78. The highest BCUT2D eigenvalue weighted by Gasteiger charge is 2.07. The molecule has 0 bridgehead atoms. The van der Waals surface area contributed by atoms with E-state index in [9.17, 15) is 0 Å². The number of benzene rings is 1. The van der Waals surface area contributed by atoms with Gasteiger partial charge < -0.3 is 15.0 Å². The highest BCUT2D eigenvalue weighted by molar-refractivity contribution is 6.32. The molecule has 1 aromatic carbocycles. The van der Waals surface area contributed by atoms with Crippen molar-refractivity contribution in [2.75, 3.05) is 0 Å². The predicted molar refractivity (Wildman–Crippen MR) is 71.6 cm³/mol. The molecule has 0 saturated heterocycles. The zero-order valence-corrected chi connectivity index (χ0v) is 11.2. The van der Waals surface area contributed by atoms with E-state index in [0.29, 0.717) is 17.4 Å². The van der Waals surface area contributed by atoms with Gasteiger partial charge >= 0.3 is 0 Å². The van der Waals surface area contributed by atoms with Crippen LogP contribution in [0.15, 0.2) is 30.6 Å². The van der Waals surface area contributed by atoms with Gasteiger partial charge in [-0.05, 0) is 24.6 Å². The van der Waals surface area contributed by atoms with Crippen LogP contribution < -0.4 is 10.5 Å². The Balaban J connectivity index is 2.08. The van der Waals surface area contributed by atoms with Crippen LogP contribution in [0.3, 0.4) is 0 Å². The molecule has 0 saturated carbocycles. The van der Waals surface area contributed by atoms with Crippen molar-refractivity contribution in [1.82, 2.24) is 9.55 Å². The maximum Gasteiger partial charge on any atom is 0.146 e. The molecule has 5 heteroatoms. The second kappa shape index (κ2) is 5.42. The third-order valence-electron chi connectivity index (χ3n) is 2.76. The lowest BCUT2D eigenvalue weighted by atomic mass is 10.1. The summed E-state index contributed by atoms with van der Waals surface area (Å²) in [5.74, 6) is 1.49. The average molecular weight is 266 g/mol. The quantitative estimate of drug-likeness (QED) is 0.925. The number of hydrogen-bond donors (Lipinski definition) is 1. The molecule has 0 unspecified atom stereocenters. The molecule has 0 spiro atoms. The van der Waals surface area contributed by atoms with E-state index in [-0.39, 0.29) is 6.04 Å². The second-order valence-electron chi connectivity index (χ2n) is 4.22. The zero-order chi connectivity index (χ0) is 13.1. The molecular weight excluding hydrogens is 250 g/mol. The summed E-state index contributed by atoms with van der Waals surface area (Å²) in [6.45, 7) is 2.31. The van der Waals surface area contributed by atoms with Gasteiger partial charge in [-0.2, -0.15) is 0 Å². The van der Waals surface area contributed by atoms with Crippen LogP contribution in [-0.4, -0.2) is 9.55 Å². The molecule has 0 fully saturated rings. The van der Waals surface area contributed by atoms with Crippen LogP contribution in [0.2, 0.25) is 5.02 Å². The summed E-state index contributed by atoms with van der Waals surface area (Å²) >= 11 is 6.15. The maximum atomic E-state index is 6.15. The Morgan fingerprint density at radius 2 is 2.28 bits per heavy atom. The largest absolute Gasteiger partial charge is 0.484 e. The van der Waals surface area contributed by atoms with E-state index >= 15 is 0 Å². The van der Waals surface area contributed by atoms with Gasteiger partial charge in [-0.3, -0.25) is 0 Å². The Labute approximate surface area is 111 Å². The highest BCUT2D eigenvalue weighted by atomic mass is 35.5. The fourth-order valence-corrected chi connectivity index (χ4v) is 1.84. The van der Waals surface area contributed by atoms with Crippen molar-refractivity contribution < 1.29 is 4.74 Å². The van der Waals surface area contributed by atoms with Crippen molar-refractivity contribution in [3.63, 3.8) is 0 Å². The molecule has 2 N–H and O–H groups in total. The molecule has 0 aliphatic heterocycles. The van der Waals surface area contributed by atoms with Gasteiger partial charge in [0.15, 0.2) is 0 Å². The summed E-state index contributed by atoms with van der Waals surface area (Å²) in [5, 5.41) is 0.569. The first kappa shape index (κ1) is 12.9. The third kappa shape index (κ3) is 2.83. The highest BCUT2D eigenvalue weighted by Crippen LogP contribution is 2.27. The lowest BCUT2D eigenvalue weighted by Crippen LogP contribution is -2.06. The Morgan fingerprint density at radius 1 is 1.50 bits per heavy atom. The molecule has 0 amide bonds. The maximum absolute atomic E-state index is 6.15. The molecule has 4 nitrogen and oxygen atoms in total. The molecule has 96 valence electrons. The number of nitrogens with two attached hydrogens (primary N) is 1. The Morgan fingerprint density at radius 3 is 2.83 bits per heavy atom. The lowest BCUT2D eigenvalue weighted by molar-refractivity contribution is 0.292. The van der Waals surface area contributed by atoms with Gasteiger partial charge in [0.2, 0.25) is 0 Å². The van der Waals surface area contributed by atoms with Crippen LogP contribution in [0, 0.1) is 0 Å². The number of rotatable bonds is 4. The Hall–Kier alpha value is -1.52. The van der Waals surface area contributed by atoms with Gasteiger partial charge in [0, 0.05) is 25.5 Å². The third-order valence-corrected chi connectivity index (χ3v) is 3.05. The molecule has 18 heavy (non-hydrogen) atoms. The number of ether oxygens (including phenoxy) is 1. The predicted octanol–water partition coefficient (Wildman–Crippen LogP) is 2.67. The van der Waals surface area contributed by atoms with Crippen molar-refractivity contribution in [1.29, 1.82) is 0 Å². The standard InChI is InChI=1S/C13H16ClN3O/c1-9(15)10-3-4-12(11(14)7-10)18-8-13-16-5-6-17(13)2/h3-7,9H,8,15H2,1-2H3/t9-/m1/s1. The Bertz CT molecular complexity index is 537. The van der Waals surface area contributed by atoms with Crippen LogP contribution in [0.5, 0.6) is 5.75 Å². The van der Waals surface area contributed by atoms with Crippen molar-refractivity contribution in [2.45, 2.75) is 19.6 Å². The number of hydrogen-bond acceptors (Lipinski definition) is 3. The minimum atomic E-state index is -0.0360. The van der Waals surface area contributed by atoms with E-state index in [0.717, 1.165) is 11.4 Å². The normalized spacial score (nSPS) is 12.4. The van der Waals surface area contributed by atoms with E-state index < -0.39 is 0 Å². The van der Waals surface area contributed by atoms with Gasteiger partial charge in [0.05, 0.1) is 5.02 Å². The summed E-state index contributed by atoms with van der Waals surface area (Å²) in [7, 11) is 1.92. The van der Waals surface area contributed by atoms with Crippen LogP contribution >= 0.6 is 11.6 Å². The molecule has 1 aromatic heterocycles. The molecule has 0 aliphatic rings. The second-order valence-corrected chi connectivity index (χ2v) is 4.63. The summed E-state index contributed by atoms with van der Waals surface area (Å²) in [6, 6.07) is 5.56. The smallest absolute Gasteiger partial charge is 0.146 e. The van der Waals surface area contributed by atoms with Crippen LogP contribution in [-0.2, 0) is 13.7 Å². The van der Waals surface area contributed by atoms with Crippen LogP contribution in [0.4, 0.5) is 0 Å². The lowest BCUT2D eigenvalue weighted by Gasteiger charge is -2.11. The van der Waals surface area contributed by atoms with E-state index in [1.54, 1.807) is 6.20 Å². The minimum absolute atomic E-state index is 0.0360. The van der Waals surface area contributed by atoms with E-state index in [1.807, 2.05) is 42.9 Å². The SMILES string of the molecule is C[C@@H](N)c1ccc(OCc2nccn2C)c(Cl)c1. The fourth-order valence-electron chi connectivity index (χ4n) is 1.60. The number of aromatic nitrogens is 2. The number of imidazole rings is 1. The van der Waals surface area contributed by atoms with Crippen molar-refractivity contribution >= 4 is 11.6 Å². The fraction of sp³-hybridized carbons (Fsp3) is 0.308. The van der Waals surface area contributed by atoms with Crippen molar-refractivity contribution in [2.24, 2.45) is 12.8 Å². The number of halogens is 1. The topological polar surface area (TPSA) is 53.1 Å². The average Bonchev–Trinajstić information content (AvgIpc) is 2.73. The monoisotopic (exact) mass is 265 g/mol. The van der Waals surface area contributed by atoms with Crippen molar-refractivity contribution in [3.8, 4) is 5.75 Å². The molecule has 0 radical (unpaired) electrons. The van der Waals surface area contributed by atoms with E-state index in [4.69, 9.17) is 22.1 Å². The number of aryl methyl sites for hydroxylation is 1. The minimum Gasteiger partial charge on any atom is -0.484 e. The zero-order valence-electron chi connectivity index (χ0n) is 10.4. The molecular formula is C13H16ClN3O. The Kier molecular flexibility index (Phi) is 3.89. The molecule has 2 aromatic rings. The van der Waals surface area contributed by atoms with Crippen LogP contribution in [0.1, 0.15) is 24.4 Å². The summed E-state index contributed by atoms with van der Waals surface area (Å²) < 4.78 is 7.55. The first-order valence-corrected chi connectivity index (χ1v) is 6.09. The van der Waals surface area contributed by atoms with Gasteiger partial charge in [-0.15, -0.1) is 0 Å². The number of nitrogens with zero attached hydrogens (tertiary/aromatic N) is 2. The van der Waals surface area contributed by atoms with Gasteiger partial charge in [-0.1, -0.05) is 17.7 Å². The molecule has 1 heterocycles. The van der Waals surface area contributed by atoms with Gasteiger partial charge in [-0.25, -0.2) is 4.98 Å². The van der Waals surface area contributed by atoms with Crippen molar-refractivity contribution in [3.05, 3.63) is 47.0 Å². The van der Waals surface area contributed by atoms with Crippen LogP contribution in [0.25, 0.3) is 0 Å². The summed E-state index contributed by atoms with van der Waals surface area (Å²) in [6.07, 6.45) is 3.61. The molecule has 2 rings (SSSR count). The summed E-state index contributed by atoms with van der Waals surface area (Å²) in [4.78, 5) is 4.18. The van der Waals surface area contributed by atoms with Gasteiger partial charge in [0.1, 0.15) is 18.2 Å².